The second-order valence-corrected chi connectivity index (χ2v) is 4.88. The number of hydrogen-bond acceptors (Lipinski definition) is 4. The van der Waals surface area contributed by atoms with Gasteiger partial charge in [-0.2, -0.15) is 5.10 Å². The molecule has 3 N–H and O–H groups in total. The van der Waals surface area contributed by atoms with Gasteiger partial charge in [0.1, 0.15) is 0 Å². The molecule has 0 fully saturated rings. The summed E-state index contributed by atoms with van der Waals surface area (Å²) in [5.41, 5.74) is 9.73. The van der Waals surface area contributed by atoms with Gasteiger partial charge < -0.3 is 15.2 Å². The predicted molar refractivity (Wildman–Crippen MR) is 82.2 cm³/mol. The van der Waals surface area contributed by atoms with Gasteiger partial charge in [-0.25, -0.2) is 0 Å². The first-order chi connectivity index (χ1) is 9.63. The first kappa shape index (κ1) is 12.7. The molecule has 0 aromatic heterocycles. The Labute approximate surface area is 121 Å². The van der Waals surface area contributed by atoms with Gasteiger partial charge in [0.2, 0.25) is 6.79 Å². The number of fused-ring (bicyclic) bond motifs is 2. The van der Waals surface area contributed by atoms with E-state index in [1.807, 2.05) is 37.3 Å². The molecule has 2 aromatic rings. The molecular weight excluding hydrogens is 274 g/mol. The van der Waals surface area contributed by atoms with Crippen LogP contribution in [0.15, 0.2) is 35.4 Å². The van der Waals surface area contributed by atoms with Crippen LogP contribution in [0.1, 0.15) is 12.5 Å². The maximum absolute atomic E-state index is 5.39. The Hall–Kier alpha value is -2.34. The number of thiocarbonyl (C=S) groups is 1. The summed E-state index contributed by atoms with van der Waals surface area (Å²) in [4.78, 5) is 0. The minimum Gasteiger partial charge on any atom is -0.454 e. The molecule has 0 radical (unpaired) electrons. The molecule has 102 valence electrons. The molecule has 1 aliphatic rings. The third-order valence-corrected chi connectivity index (χ3v) is 3.17. The highest BCUT2D eigenvalue weighted by atomic mass is 32.1. The Morgan fingerprint density at radius 3 is 2.60 bits per heavy atom. The van der Waals surface area contributed by atoms with E-state index >= 15 is 0 Å². The molecule has 0 atom stereocenters. The standard InChI is InChI=1S/C14H13N3O2S/c1-8(16-17-14(15)20)9-2-3-10-5-12-13(19-7-18-12)6-11(10)4-9/h2-6H,7H2,1H3,(H3,15,17,20)/b16-8+. The molecule has 0 unspecified atom stereocenters. The normalized spacial score (nSPS) is 13.6. The van der Waals surface area contributed by atoms with Crippen LogP contribution in [0.3, 0.4) is 0 Å². The number of ether oxygens (including phenoxy) is 2. The molecule has 3 rings (SSSR count). The summed E-state index contributed by atoms with van der Waals surface area (Å²) in [5, 5.41) is 6.42. The van der Waals surface area contributed by atoms with E-state index in [9.17, 15) is 0 Å². The van der Waals surface area contributed by atoms with Gasteiger partial charge in [-0.3, -0.25) is 5.43 Å². The van der Waals surface area contributed by atoms with E-state index in [1.54, 1.807) is 0 Å². The summed E-state index contributed by atoms with van der Waals surface area (Å²) >= 11 is 4.72. The second kappa shape index (κ2) is 4.97. The number of nitrogens with zero attached hydrogens (tertiary/aromatic N) is 1. The highest BCUT2D eigenvalue weighted by Gasteiger charge is 2.14. The average Bonchev–Trinajstić information content (AvgIpc) is 2.88. The number of rotatable bonds is 2. The maximum Gasteiger partial charge on any atom is 0.231 e. The summed E-state index contributed by atoms with van der Waals surface area (Å²) in [6.07, 6.45) is 0. The molecule has 6 heteroatoms. The second-order valence-electron chi connectivity index (χ2n) is 4.44. The van der Waals surface area contributed by atoms with Crippen molar-refractivity contribution < 1.29 is 9.47 Å². The van der Waals surface area contributed by atoms with Gasteiger partial charge >= 0.3 is 0 Å². The van der Waals surface area contributed by atoms with Crippen LogP contribution in [0.25, 0.3) is 10.8 Å². The van der Waals surface area contributed by atoms with Crippen LogP contribution in [-0.2, 0) is 0 Å². The Morgan fingerprint density at radius 1 is 1.20 bits per heavy atom. The number of benzene rings is 2. The minimum absolute atomic E-state index is 0.147. The molecule has 0 spiro atoms. The number of nitrogens with two attached hydrogens (primary N) is 1. The van der Waals surface area contributed by atoms with Crippen LogP contribution in [0, 0.1) is 0 Å². The van der Waals surface area contributed by atoms with Crippen molar-refractivity contribution in [2.24, 2.45) is 10.8 Å². The van der Waals surface area contributed by atoms with Crippen LogP contribution >= 0.6 is 12.2 Å². The van der Waals surface area contributed by atoms with E-state index < -0.39 is 0 Å². The van der Waals surface area contributed by atoms with E-state index in [-0.39, 0.29) is 11.9 Å². The predicted octanol–water partition coefficient (Wildman–Crippen LogP) is 2.13. The topological polar surface area (TPSA) is 68.9 Å². The lowest BCUT2D eigenvalue weighted by Crippen LogP contribution is -2.25. The highest BCUT2D eigenvalue weighted by molar-refractivity contribution is 7.80. The monoisotopic (exact) mass is 287 g/mol. The largest absolute Gasteiger partial charge is 0.454 e. The van der Waals surface area contributed by atoms with Gasteiger partial charge in [0.05, 0.1) is 5.71 Å². The SMILES string of the molecule is C/C(=N\NC(N)=S)c1ccc2cc3c(cc2c1)OCO3. The summed E-state index contributed by atoms with van der Waals surface area (Å²) in [5.74, 6) is 1.55. The fourth-order valence-corrected chi connectivity index (χ4v) is 2.11. The van der Waals surface area contributed by atoms with Crippen molar-refractivity contribution in [2.45, 2.75) is 6.92 Å². The molecule has 1 aliphatic heterocycles. The van der Waals surface area contributed by atoms with E-state index in [4.69, 9.17) is 27.4 Å². The summed E-state index contributed by atoms with van der Waals surface area (Å²) in [7, 11) is 0. The van der Waals surface area contributed by atoms with Crippen LogP contribution in [0.2, 0.25) is 0 Å². The smallest absolute Gasteiger partial charge is 0.231 e. The Kier molecular flexibility index (Phi) is 3.15. The average molecular weight is 287 g/mol. The lowest BCUT2D eigenvalue weighted by atomic mass is 10.0. The van der Waals surface area contributed by atoms with Crippen molar-refractivity contribution >= 4 is 33.8 Å². The van der Waals surface area contributed by atoms with Crippen molar-refractivity contribution in [1.29, 1.82) is 0 Å². The van der Waals surface area contributed by atoms with Crippen molar-refractivity contribution in [3.05, 3.63) is 35.9 Å². The minimum atomic E-state index is 0.147. The van der Waals surface area contributed by atoms with Gasteiger partial charge in [-0.05, 0) is 53.7 Å². The Morgan fingerprint density at radius 2 is 1.90 bits per heavy atom. The summed E-state index contributed by atoms with van der Waals surface area (Å²) in [6.45, 7) is 2.16. The van der Waals surface area contributed by atoms with E-state index in [0.29, 0.717) is 0 Å². The molecule has 0 saturated heterocycles. The van der Waals surface area contributed by atoms with E-state index in [1.165, 1.54) is 0 Å². The lowest BCUT2D eigenvalue weighted by Gasteiger charge is -2.05. The zero-order chi connectivity index (χ0) is 14.1. The van der Waals surface area contributed by atoms with Crippen molar-refractivity contribution in [2.75, 3.05) is 6.79 Å². The third-order valence-electron chi connectivity index (χ3n) is 3.08. The first-order valence-corrected chi connectivity index (χ1v) is 6.48. The zero-order valence-corrected chi connectivity index (χ0v) is 11.7. The lowest BCUT2D eigenvalue weighted by molar-refractivity contribution is 0.174. The molecule has 0 bridgehead atoms. The zero-order valence-electron chi connectivity index (χ0n) is 10.8. The third kappa shape index (κ3) is 2.37. The number of hydrazone groups is 1. The molecule has 0 amide bonds. The van der Waals surface area contributed by atoms with Gasteiger partial charge in [-0.1, -0.05) is 12.1 Å². The molecule has 20 heavy (non-hydrogen) atoms. The maximum atomic E-state index is 5.39. The Bertz CT molecular complexity index is 728. The number of hydrogen-bond donors (Lipinski definition) is 2. The molecule has 0 saturated carbocycles. The van der Waals surface area contributed by atoms with Gasteiger partial charge in [-0.15, -0.1) is 0 Å². The first-order valence-electron chi connectivity index (χ1n) is 6.07. The van der Waals surface area contributed by atoms with Crippen LogP contribution in [0.4, 0.5) is 0 Å². The van der Waals surface area contributed by atoms with Gasteiger partial charge in [0.25, 0.3) is 0 Å². The highest BCUT2D eigenvalue weighted by Crippen LogP contribution is 2.36. The summed E-state index contributed by atoms with van der Waals surface area (Å²) in [6, 6.07) is 9.99. The molecule has 1 heterocycles. The molecule has 0 aliphatic carbocycles. The van der Waals surface area contributed by atoms with E-state index in [2.05, 4.69) is 10.5 Å². The van der Waals surface area contributed by atoms with Gasteiger partial charge in [0, 0.05) is 0 Å². The van der Waals surface area contributed by atoms with Gasteiger partial charge in [0.15, 0.2) is 16.6 Å². The fraction of sp³-hybridized carbons (Fsp3) is 0.143. The van der Waals surface area contributed by atoms with Crippen LogP contribution in [0.5, 0.6) is 11.5 Å². The van der Waals surface area contributed by atoms with Crippen LogP contribution in [-0.4, -0.2) is 17.6 Å². The molecule has 2 aromatic carbocycles. The fourth-order valence-electron chi connectivity index (χ4n) is 2.07. The summed E-state index contributed by atoms with van der Waals surface area (Å²) < 4.78 is 10.8. The van der Waals surface area contributed by atoms with Crippen molar-refractivity contribution in [3.63, 3.8) is 0 Å². The molecular formula is C14H13N3O2S. The van der Waals surface area contributed by atoms with Crippen molar-refractivity contribution in [3.8, 4) is 11.5 Å². The van der Waals surface area contributed by atoms with E-state index in [0.717, 1.165) is 33.5 Å². The van der Waals surface area contributed by atoms with Crippen molar-refractivity contribution in [1.82, 2.24) is 5.43 Å². The quantitative estimate of drug-likeness (QED) is 0.503. The molecule has 5 nitrogen and oxygen atoms in total. The number of nitrogens with one attached hydrogen (secondary N) is 1. The van der Waals surface area contributed by atoms with Crippen LogP contribution < -0.4 is 20.6 Å². The Balaban J connectivity index is 2.00.